The monoisotopic (exact) mass is 486 g/mol. The summed E-state index contributed by atoms with van der Waals surface area (Å²) in [5.41, 5.74) is 6.43. The second kappa shape index (κ2) is 12.5. The SMILES string of the molecule is C=C(c1ccccc1)C12CCC(O)C1CC(CCCCCCCCCCC(=O)O)=C2c1ccccc1. The number of carboxylic acid groups (broad SMARTS) is 1. The van der Waals surface area contributed by atoms with Gasteiger partial charge in [-0.2, -0.15) is 0 Å². The molecule has 2 aliphatic carbocycles. The van der Waals surface area contributed by atoms with Crippen LogP contribution in [0.4, 0.5) is 0 Å². The summed E-state index contributed by atoms with van der Waals surface area (Å²) in [6.07, 6.45) is 12.9. The zero-order valence-electron chi connectivity index (χ0n) is 21.6. The predicted octanol–water partition coefficient (Wildman–Crippen LogP) is 8.30. The van der Waals surface area contributed by atoms with E-state index in [-0.39, 0.29) is 17.4 Å². The molecule has 3 heteroatoms. The molecule has 2 aliphatic rings. The van der Waals surface area contributed by atoms with Crippen LogP contribution in [0.15, 0.2) is 72.8 Å². The molecular weight excluding hydrogens is 444 g/mol. The Morgan fingerprint density at radius 2 is 1.44 bits per heavy atom. The fourth-order valence-electron chi connectivity index (χ4n) is 6.79. The second-order valence-electron chi connectivity index (χ2n) is 10.8. The van der Waals surface area contributed by atoms with Gasteiger partial charge in [0.25, 0.3) is 0 Å². The number of allylic oxidation sites excluding steroid dienone is 3. The van der Waals surface area contributed by atoms with Gasteiger partial charge in [0.2, 0.25) is 0 Å². The van der Waals surface area contributed by atoms with E-state index in [2.05, 4.69) is 67.2 Å². The van der Waals surface area contributed by atoms with Crippen LogP contribution in [0.25, 0.3) is 11.1 Å². The van der Waals surface area contributed by atoms with Gasteiger partial charge in [0.05, 0.1) is 6.10 Å². The van der Waals surface area contributed by atoms with E-state index >= 15 is 0 Å². The standard InChI is InChI=1S/C33H42O3/c1-25(26-16-11-8-12-17-26)33-23-22-30(34)29(33)24-28(32(33)27-18-13-9-14-19-27)20-10-6-4-2-3-5-7-15-21-31(35)36/h8-9,11-14,16-19,29-30,34H,1-7,10,15,20-24H2,(H,35,36). The van der Waals surface area contributed by atoms with E-state index in [9.17, 15) is 9.90 Å². The van der Waals surface area contributed by atoms with Crippen molar-refractivity contribution >= 4 is 17.1 Å². The molecule has 0 aromatic heterocycles. The highest BCUT2D eigenvalue weighted by atomic mass is 16.4. The third kappa shape index (κ3) is 5.83. The van der Waals surface area contributed by atoms with Crippen LogP contribution in [-0.4, -0.2) is 22.3 Å². The quantitative estimate of drug-likeness (QED) is 0.264. The van der Waals surface area contributed by atoms with E-state index in [0.29, 0.717) is 6.42 Å². The van der Waals surface area contributed by atoms with Crippen molar-refractivity contribution in [3.05, 3.63) is 83.9 Å². The Labute approximate surface area is 217 Å². The molecule has 2 aromatic rings. The number of fused-ring (bicyclic) bond motifs is 1. The van der Waals surface area contributed by atoms with E-state index in [0.717, 1.165) is 44.9 Å². The number of rotatable bonds is 14. The molecule has 0 aliphatic heterocycles. The molecule has 36 heavy (non-hydrogen) atoms. The first-order valence-electron chi connectivity index (χ1n) is 14.0. The minimum absolute atomic E-state index is 0.187. The molecule has 0 heterocycles. The van der Waals surface area contributed by atoms with Gasteiger partial charge in [-0.25, -0.2) is 0 Å². The Morgan fingerprint density at radius 3 is 2.08 bits per heavy atom. The molecule has 3 nitrogen and oxygen atoms in total. The highest BCUT2D eigenvalue weighted by Gasteiger charge is 2.56. The van der Waals surface area contributed by atoms with Crippen LogP contribution in [0.1, 0.15) is 94.6 Å². The van der Waals surface area contributed by atoms with Gasteiger partial charge in [0.15, 0.2) is 0 Å². The van der Waals surface area contributed by atoms with Gasteiger partial charge in [-0.05, 0) is 60.8 Å². The Hall–Kier alpha value is -2.65. The summed E-state index contributed by atoms with van der Waals surface area (Å²) in [7, 11) is 0. The molecule has 192 valence electrons. The summed E-state index contributed by atoms with van der Waals surface area (Å²) in [5.74, 6) is -0.474. The van der Waals surface area contributed by atoms with Crippen LogP contribution in [0, 0.1) is 11.3 Å². The van der Waals surface area contributed by atoms with Crippen molar-refractivity contribution in [3.63, 3.8) is 0 Å². The molecule has 0 radical (unpaired) electrons. The zero-order chi connectivity index (χ0) is 25.4. The molecule has 0 bridgehead atoms. The van der Waals surface area contributed by atoms with Crippen molar-refractivity contribution < 1.29 is 15.0 Å². The van der Waals surface area contributed by atoms with Crippen LogP contribution in [-0.2, 0) is 4.79 Å². The van der Waals surface area contributed by atoms with E-state index < -0.39 is 5.97 Å². The van der Waals surface area contributed by atoms with Gasteiger partial charge in [-0.1, -0.05) is 111 Å². The molecule has 0 spiro atoms. The van der Waals surface area contributed by atoms with Crippen molar-refractivity contribution in [1.82, 2.24) is 0 Å². The maximum absolute atomic E-state index is 11.1. The van der Waals surface area contributed by atoms with Gasteiger partial charge >= 0.3 is 5.97 Å². The van der Waals surface area contributed by atoms with Crippen LogP contribution >= 0.6 is 0 Å². The van der Waals surface area contributed by atoms with Crippen LogP contribution in [0.5, 0.6) is 0 Å². The van der Waals surface area contributed by atoms with E-state index in [1.165, 1.54) is 60.0 Å². The Bertz CT molecular complexity index is 1040. The zero-order valence-corrected chi connectivity index (χ0v) is 21.6. The lowest BCUT2D eigenvalue weighted by Crippen LogP contribution is -2.29. The number of carboxylic acids is 1. The fraction of sp³-hybridized carbons (Fsp3) is 0.485. The topological polar surface area (TPSA) is 57.5 Å². The highest BCUT2D eigenvalue weighted by molar-refractivity contribution is 5.90. The molecule has 2 N–H and O–H groups in total. The van der Waals surface area contributed by atoms with Crippen molar-refractivity contribution in [2.24, 2.45) is 11.3 Å². The van der Waals surface area contributed by atoms with Crippen LogP contribution in [0.3, 0.4) is 0 Å². The van der Waals surface area contributed by atoms with Gasteiger partial charge in [-0.3, -0.25) is 4.79 Å². The highest BCUT2D eigenvalue weighted by Crippen LogP contribution is 2.66. The molecule has 2 aromatic carbocycles. The van der Waals surface area contributed by atoms with Gasteiger partial charge in [0, 0.05) is 17.8 Å². The molecule has 1 saturated carbocycles. The third-order valence-electron chi connectivity index (χ3n) is 8.54. The molecule has 0 amide bonds. The Morgan fingerprint density at radius 1 is 0.861 bits per heavy atom. The minimum atomic E-state index is -0.683. The summed E-state index contributed by atoms with van der Waals surface area (Å²) in [4.78, 5) is 10.6. The fourth-order valence-corrected chi connectivity index (χ4v) is 6.79. The number of aliphatic carboxylic acids is 1. The van der Waals surface area contributed by atoms with Crippen LogP contribution in [0.2, 0.25) is 0 Å². The molecule has 4 rings (SSSR count). The van der Waals surface area contributed by atoms with Crippen molar-refractivity contribution in [3.8, 4) is 0 Å². The summed E-state index contributed by atoms with van der Waals surface area (Å²) >= 11 is 0. The predicted molar refractivity (Wildman–Crippen MR) is 148 cm³/mol. The molecule has 1 fully saturated rings. The number of aliphatic hydroxyl groups is 1. The lowest BCUT2D eigenvalue weighted by Gasteiger charge is -2.37. The summed E-state index contributed by atoms with van der Waals surface area (Å²) in [6.45, 7) is 4.67. The number of unbranched alkanes of at least 4 members (excludes halogenated alkanes) is 7. The second-order valence-corrected chi connectivity index (χ2v) is 10.8. The van der Waals surface area contributed by atoms with Crippen molar-refractivity contribution in [1.29, 1.82) is 0 Å². The summed E-state index contributed by atoms with van der Waals surface area (Å²) < 4.78 is 0. The van der Waals surface area contributed by atoms with Gasteiger partial charge < -0.3 is 10.2 Å². The number of aliphatic hydroxyl groups excluding tert-OH is 1. The molecule has 3 unspecified atom stereocenters. The maximum Gasteiger partial charge on any atom is 0.303 e. The van der Waals surface area contributed by atoms with Crippen molar-refractivity contribution in [2.45, 2.75) is 89.6 Å². The lowest BCUT2D eigenvalue weighted by molar-refractivity contribution is -0.137. The average Bonchev–Trinajstić information content (AvgIpc) is 3.40. The Balaban J connectivity index is 1.45. The van der Waals surface area contributed by atoms with Crippen molar-refractivity contribution in [2.75, 3.05) is 0 Å². The molecule has 0 saturated heterocycles. The first kappa shape index (κ1) is 26.4. The Kier molecular flexibility index (Phi) is 9.20. The average molecular weight is 487 g/mol. The number of hydrogen-bond acceptors (Lipinski definition) is 2. The van der Waals surface area contributed by atoms with Gasteiger partial charge in [-0.15, -0.1) is 0 Å². The summed E-state index contributed by atoms with van der Waals surface area (Å²) in [5, 5.41) is 19.8. The maximum atomic E-state index is 11.1. The van der Waals surface area contributed by atoms with Gasteiger partial charge in [0.1, 0.15) is 0 Å². The first-order chi connectivity index (χ1) is 17.5. The van der Waals surface area contributed by atoms with E-state index in [4.69, 9.17) is 5.11 Å². The normalized spacial score (nSPS) is 23.1. The largest absolute Gasteiger partial charge is 0.481 e. The number of carbonyl (C=O) groups is 1. The molecular formula is C33H42O3. The summed E-state index contributed by atoms with van der Waals surface area (Å²) in [6, 6.07) is 21.4. The minimum Gasteiger partial charge on any atom is -0.481 e. The number of benzene rings is 2. The first-order valence-corrected chi connectivity index (χ1v) is 14.0. The lowest BCUT2D eigenvalue weighted by atomic mass is 9.66. The molecule has 3 atom stereocenters. The smallest absolute Gasteiger partial charge is 0.303 e. The van der Waals surface area contributed by atoms with Crippen LogP contribution < -0.4 is 0 Å². The number of hydrogen-bond donors (Lipinski definition) is 2. The third-order valence-corrected chi connectivity index (χ3v) is 8.54. The van der Waals surface area contributed by atoms with E-state index in [1.807, 2.05) is 0 Å². The van der Waals surface area contributed by atoms with E-state index in [1.54, 1.807) is 0 Å².